The molecule has 0 bridgehead atoms. The molecule has 42 heavy (non-hydrogen) atoms. The molecule has 0 radical (unpaired) electrons. The first-order valence-electron chi connectivity index (χ1n) is 13.7. The summed E-state index contributed by atoms with van der Waals surface area (Å²) in [5, 5.41) is 8.64. The van der Waals surface area contributed by atoms with Crippen LogP contribution in [0.25, 0.3) is 0 Å². The SMILES string of the molecule is CC(C)C[C@H](NC(=O)[C@H](CCCN=C(N)N)NC(=O)c1ccc(CN)cc1)C(=O)N[C@@H](Cc1cccc(Cl)c1)C(N)=O. The fourth-order valence-electron chi connectivity index (χ4n) is 4.18. The summed E-state index contributed by atoms with van der Waals surface area (Å²) >= 11 is 6.05. The number of rotatable bonds is 16. The minimum Gasteiger partial charge on any atom is -0.370 e. The van der Waals surface area contributed by atoms with Crippen LogP contribution in [0.1, 0.15) is 54.6 Å². The van der Waals surface area contributed by atoms with E-state index in [1.54, 1.807) is 48.5 Å². The van der Waals surface area contributed by atoms with E-state index in [9.17, 15) is 19.2 Å². The first-order chi connectivity index (χ1) is 19.9. The summed E-state index contributed by atoms with van der Waals surface area (Å²) in [4.78, 5) is 55.9. The molecule has 0 saturated heterocycles. The summed E-state index contributed by atoms with van der Waals surface area (Å²) in [5.74, 6) is -2.43. The number of halogens is 1. The Hall–Kier alpha value is -4.16. The number of guanidine groups is 1. The molecule has 0 aliphatic rings. The highest BCUT2D eigenvalue weighted by atomic mass is 35.5. The lowest BCUT2D eigenvalue weighted by molar-refractivity contribution is -0.132. The number of nitrogens with two attached hydrogens (primary N) is 4. The average Bonchev–Trinajstić information content (AvgIpc) is 2.93. The number of benzene rings is 2. The number of primary amides is 1. The lowest BCUT2D eigenvalue weighted by Crippen LogP contribution is -2.57. The van der Waals surface area contributed by atoms with Crippen molar-refractivity contribution in [2.45, 2.75) is 64.2 Å². The third-order valence-corrected chi connectivity index (χ3v) is 6.58. The molecule has 0 fully saturated rings. The summed E-state index contributed by atoms with van der Waals surface area (Å²) in [6.45, 7) is 4.35. The van der Waals surface area contributed by atoms with Crippen LogP contribution in [-0.2, 0) is 27.3 Å². The van der Waals surface area contributed by atoms with Crippen LogP contribution < -0.4 is 38.9 Å². The maximum Gasteiger partial charge on any atom is 0.251 e. The second kappa shape index (κ2) is 16.9. The molecule has 2 rings (SSSR count). The van der Waals surface area contributed by atoms with Gasteiger partial charge in [0.05, 0.1) is 0 Å². The minimum absolute atomic E-state index is 0.0111. The van der Waals surface area contributed by atoms with Crippen molar-refractivity contribution >= 4 is 41.2 Å². The minimum atomic E-state index is -1.03. The molecule has 0 saturated carbocycles. The largest absolute Gasteiger partial charge is 0.370 e. The highest BCUT2D eigenvalue weighted by molar-refractivity contribution is 6.30. The molecule has 3 atom stereocenters. The molecular formula is C29H41ClN8O4. The van der Waals surface area contributed by atoms with Crippen molar-refractivity contribution in [2.24, 2.45) is 33.8 Å². The Morgan fingerprint density at radius 3 is 2.07 bits per heavy atom. The summed E-state index contributed by atoms with van der Waals surface area (Å²) in [7, 11) is 0. The topological polar surface area (TPSA) is 221 Å². The second-order valence-corrected chi connectivity index (χ2v) is 10.8. The number of carbonyl (C=O) groups excluding carboxylic acids is 4. The van der Waals surface area contributed by atoms with E-state index >= 15 is 0 Å². The number of nitrogens with zero attached hydrogens (tertiary/aromatic N) is 1. The number of amides is 4. The monoisotopic (exact) mass is 600 g/mol. The molecule has 0 heterocycles. The maximum absolute atomic E-state index is 13.5. The van der Waals surface area contributed by atoms with E-state index < -0.39 is 41.8 Å². The number of carbonyl (C=O) groups is 4. The smallest absolute Gasteiger partial charge is 0.251 e. The Morgan fingerprint density at radius 1 is 0.857 bits per heavy atom. The maximum atomic E-state index is 13.5. The van der Waals surface area contributed by atoms with E-state index in [0.29, 0.717) is 29.1 Å². The van der Waals surface area contributed by atoms with Gasteiger partial charge in [-0.25, -0.2) is 0 Å². The zero-order valence-corrected chi connectivity index (χ0v) is 24.7. The quantitative estimate of drug-likeness (QED) is 0.0828. The molecular weight excluding hydrogens is 560 g/mol. The predicted molar refractivity (Wildman–Crippen MR) is 163 cm³/mol. The van der Waals surface area contributed by atoms with Crippen molar-refractivity contribution in [1.29, 1.82) is 0 Å². The van der Waals surface area contributed by atoms with Crippen LogP contribution in [0.15, 0.2) is 53.5 Å². The van der Waals surface area contributed by atoms with E-state index in [-0.39, 0.29) is 37.7 Å². The first-order valence-corrected chi connectivity index (χ1v) is 14.1. The van der Waals surface area contributed by atoms with E-state index in [4.69, 9.17) is 34.5 Å². The molecule has 0 aliphatic carbocycles. The molecule has 13 heteroatoms. The van der Waals surface area contributed by atoms with E-state index in [2.05, 4.69) is 20.9 Å². The zero-order valence-electron chi connectivity index (χ0n) is 23.9. The van der Waals surface area contributed by atoms with Crippen LogP contribution in [0.5, 0.6) is 0 Å². The van der Waals surface area contributed by atoms with Crippen LogP contribution in [0.2, 0.25) is 5.02 Å². The molecule has 0 spiro atoms. The van der Waals surface area contributed by atoms with Gasteiger partial charge in [0.15, 0.2) is 5.96 Å². The fourth-order valence-corrected chi connectivity index (χ4v) is 4.39. The third-order valence-electron chi connectivity index (χ3n) is 6.35. The van der Waals surface area contributed by atoms with E-state index in [0.717, 1.165) is 5.56 Å². The van der Waals surface area contributed by atoms with E-state index in [1.165, 1.54) is 0 Å². The standard InChI is InChI=1S/C29H41ClN8O4/c1-17(2)13-24(28(42)37-23(25(32)39)15-19-5-3-6-21(30)14-19)38-27(41)22(7-4-12-35-29(33)34)36-26(40)20-10-8-18(16-31)9-11-20/h3,5-6,8-11,14,17,22-24H,4,7,12-13,15-16,31H2,1-2H3,(H2,32,39)(H,36,40)(H,37,42)(H,38,41)(H4,33,34,35)/t22-,23-,24-/m0/s1. The third kappa shape index (κ3) is 11.8. The van der Waals surface area contributed by atoms with Crippen molar-refractivity contribution < 1.29 is 19.2 Å². The molecule has 0 aliphatic heterocycles. The molecule has 0 unspecified atom stereocenters. The van der Waals surface area contributed by atoms with Gasteiger partial charge in [0.25, 0.3) is 5.91 Å². The average molecular weight is 601 g/mol. The normalized spacial score (nSPS) is 13.0. The highest BCUT2D eigenvalue weighted by Crippen LogP contribution is 2.13. The molecule has 2 aromatic rings. The lowest BCUT2D eigenvalue weighted by Gasteiger charge is -2.26. The van der Waals surface area contributed by atoms with Crippen molar-refractivity contribution in [3.63, 3.8) is 0 Å². The van der Waals surface area contributed by atoms with Crippen LogP contribution in [0.3, 0.4) is 0 Å². The molecule has 4 amide bonds. The van der Waals surface area contributed by atoms with Gasteiger partial charge in [0.2, 0.25) is 17.7 Å². The lowest BCUT2D eigenvalue weighted by atomic mass is 10.0. The summed E-state index contributed by atoms with van der Waals surface area (Å²) < 4.78 is 0. The number of hydrogen-bond acceptors (Lipinski definition) is 6. The van der Waals surface area contributed by atoms with Gasteiger partial charge in [-0.15, -0.1) is 0 Å². The van der Waals surface area contributed by atoms with Crippen LogP contribution in [0, 0.1) is 5.92 Å². The van der Waals surface area contributed by atoms with Crippen molar-refractivity contribution in [3.8, 4) is 0 Å². The zero-order chi connectivity index (χ0) is 31.2. The summed E-state index contributed by atoms with van der Waals surface area (Å²) in [6.07, 6.45) is 0.975. The second-order valence-electron chi connectivity index (χ2n) is 10.4. The predicted octanol–water partition coefficient (Wildman–Crippen LogP) is 0.694. The van der Waals surface area contributed by atoms with Crippen molar-refractivity contribution in [3.05, 3.63) is 70.2 Å². The summed E-state index contributed by atoms with van der Waals surface area (Å²) in [6, 6.07) is 10.5. The van der Waals surface area contributed by atoms with Gasteiger partial charge in [-0.3, -0.25) is 24.2 Å². The van der Waals surface area contributed by atoms with Crippen LogP contribution in [0.4, 0.5) is 0 Å². The molecule has 228 valence electrons. The van der Waals surface area contributed by atoms with E-state index in [1.807, 2.05) is 13.8 Å². The van der Waals surface area contributed by atoms with Gasteiger partial charge in [0, 0.05) is 30.1 Å². The molecule has 12 nitrogen and oxygen atoms in total. The molecule has 2 aromatic carbocycles. The Kier molecular flexibility index (Phi) is 13.7. The molecule has 0 aromatic heterocycles. The van der Waals surface area contributed by atoms with Crippen LogP contribution >= 0.6 is 11.6 Å². The number of nitrogens with one attached hydrogen (secondary N) is 3. The summed E-state index contributed by atoms with van der Waals surface area (Å²) in [5.41, 5.74) is 23.9. The van der Waals surface area contributed by atoms with Gasteiger partial charge in [-0.05, 0) is 60.6 Å². The highest BCUT2D eigenvalue weighted by Gasteiger charge is 2.30. The fraction of sp³-hybridized carbons (Fsp3) is 0.414. The van der Waals surface area contributed by atoms with Crippen molar-refractivity contribution in [2.75, 3.05) is 6.54 Å². The van der Waals surface area contributed by atoms with Gasteiger partial charge in [-0.2, -0.15) is 0 Å². The molecule has 11 N–H and O–H groups in total. The van der Waals surface area contributed by atoms with Crippen molar-refractivity contribution in [1.82, 2.24) is 16.0 Å². The first kappa shape index (κ1) is 34.0. The Bertz CT molecular complexity index is 1250. The van der Waals surface area contributed by atoms with Crippen LogP contribution in [-0.4, -0.2) is 54.3 Å². The Morgan fingerprint density at radius 2 is 1.50 bits per heavy atom. The van der Waals surface area contributed by atoms with Gasteiger partial charge in [0.1, 0.15) is 18.1 Å². The number of hydrogen-bond donors (Lipinski definition) is 7. The Balaban J connectivity index is 2.21. The Labute approximate surface area is 251 Å². The van der Waals surface area contributed by atoms with Gasteiger partial charge in [-0.1, -0.05) is 49.7 Å². The van der Waals surface area contributed by atoms with Gasteiger partial charge >= 0.3 is 0 Å². The number of aliphatic imine (C=N–C) groups is 1. The van der Waals surface area contributed by atoms with Gasteiger partial charge < -0.3 is 38.9 Å².